The number of aryl methyl sites for hydroxylation is 2. The lowest BCUT2D eigenvalue weighted by Crippen LogP contribution is -2.30. The first-order valence-electron chi connectivity index (χ1n) is 10.0. The summed E-state index contributed by atoms with van der Waals surface area (Å²) < 4.78 is 0. The monoisotopic (exact) mass is 374 g/mol. The van der Waals surface area contributed by atoms with Crippen molar-refractivity contribution < 1.29 is 9.59 Å². The Morgan fingerprint density at radius 3 is 2.79 bits per heavy atom. The van der Waals surface area contributed by atoms with E-state index in [0.717, 1.165) is 42.9 Å². The number of Topliss-reactive ketones (excluding diaryl/α,β-unsaturated/α-hetero) is 1. The van der Waals surface area contributed by atoms with Crippen LogP contribution in [0, 0.1) is 6.92 Å². The highest BCUT2D eigenvalue weighted by Gasteiger charge is 2.18. The quantitative estimate of drug-likeness (QED) is 0.797. The van der Waals surface area contributed by atoms with Crippen molar-refractivity contribution in [2.45, 2.75) is 32.6 Å². The van der Waals surface area contributed by atoms with Crippen LogP contribution in [0.25, 0.3) is 5.57 Å². The zero-order valence-corrected chi connectivity index (χ0v) is 16.3. The molecule has 4 heteroatoms. The molecule has 0 fully saturated rings. The van der Waals surface area contributed by atoms with Crippen LogP contribution in [0.2, 0.25) is 0 Å². The second-order valence-corrected chi connectivity index (χ2v) is 7.74. The first kappa shape index (κ1) is 18.6. The molecule has 0 spiro atoms. The van der Waals surface area contributed by atoms with Crippen molar-refractivity contribution >= 4 is 23.0 Å². The summed E-state index contributed by atoms with van der Waals surface area (Å²) in [6.07, 6.45) is 5.05. The highest BCUT2D eigenvalue weighted by Crippen LogP contribution is 2.25. The fourth-order valence-corrected chi connectivity index (χ4v) is 3.98. The first-order chi connectivity index (χ1) is 13.6. The van der Waals surface area contributed by atoms with E-state index in [-0.39, 0.29) is 11.7 Å². The summed E-state index contributed by atoms with van der Waals surface area (Å²) in [5, 5.41) is 2.87. The van der Waals surface area contributed by atoms with E-state index in [1.165, 1.54) is 16.7 Å². The lowest BCUT2D eigenvalue weighted by atomic mass is 9.97. The van der Waals surface area contributed by atoms with Gasteiger partial charge < -0.3 is 5.32 Å². The van der Waals surface area contributed by atoms with Crippen molar-refractivity contribution in [1.29, 1.82) is 0 Å². The molecule has 0 unspecified atom stereocenters. The maximum absolute atomic E-state index is 12.6. The Balaban J connectivity index is 1.33. The highest BCUT2D eigenvalue weighted by atomic mass is 16.1. The van der Waals surface area contributed by atoms with Gasteiger partial charge in [-0.3, -0.25) is 14.5 Å². The largest absolute Gasteiger partial charge is 0.326 e. The Morgan fingerprint density at radius 2 is 2.00 bits per heavy atom. The predicted octanol–water partition coefficient (Wildman–Crippen LogP) is 4.24. The fourth-order valence-electron chi connectivity index (χ4n) is 3.98. The average Bonchev–Trinajstić information content (AvgIpc) is 2.72. The van der Waals surface area contributed by atoms with Gasteiger partial charge in [-0.25, -0.2) is 0 Å². The molecule has 0 saturated heterocycles. The molecule has 1 N–H and O–H groups in total. The Hall–Kier alpha value is -2.72. The lowest BCUT2D eigenvalue weighted by Gasteiger charge is -2.26. The van der Waals surface area contributed by atoms with E-state index in [2.05, 4.69) is 47.5 Å². The summed E-state index contributed by atoms with van der Waals surface area (Å²) in [6, 6.07) is 14.3. The van der Waals surface area contributed by atoms with Gasteiger partial charge in [-0.2, -0.15) is 0 Å². The van der Waals surface area contributed by atoms with Gasteiger partial charge in [0, 0.05) is 43.7 Å². The average molecular weight is 374 g/mol. The number of hydrogen-bond acceptors (Lipinski definition) is 3. The van der Waals surface area contributed by atoms with Gasteiger partial charge >= 0.3 is 0 Å². The summed E-state index contributed by atoms with van der Waals surface area (Å²) >= 11 is 0. The van der Waals surface area contributed by atoms with Crippen molar-refractivity contribution in [1.82, 2.24) is 4.90 Å². The van der Waals surface area contributed by atoms with Gasteiger partial charge in [-0.15, -0.1) is 0 Å². The minimum atomic E-state index is 0.0507. The number of fused-ring (bicyclic) bond motifs is 1. The zero-order chi connectivity index (χ0) is 19.5. The molecule has 0 aromatic heterocycles. The Bertz CT molecular complexity index is 945. The van der Waals surface area contributed by atoms with Crippen LogP contribution in [-0.4, -0.2) is 36.2 Å². The third kappa shape index (κ3) is 4.23. The van der Waals surface area contributed by atoms with Gasteiger partial charge in [0.25, 0.3) is 0 Å². The Kier molecular flexibility index (Phi) is 5.40. The van der Waals surface area contributed by atoms with Crippen molar-refractivity contribution in [3.8, 4) is 0 Å². The minimum Gasteiger partial charge on any atom is -0.326 e. The van der Waals surface area contributed by atoms with Crippen LogP contribution >= 0.6 is 0 Å². The van der Waals surface area contributed by atoms with Crippen LogP contribution in [0.5, 0.6) is 0 Å². The molecular formula is C24H26N2O2. The summed E-state index contributed by atoms with van der Waals surface area (Å²) in [5.41, 5.74) is 6.67. The molecule has 0 radical (unpaired) electrons. The van der Waals surface area contributed by atoms with Gasteiger partial charge in [0.15, 0.2) is 5.78 Å². The van der Waals surface area contributed by atoms with Crippen LogP contribution in [0.15, 0.2) is 48.5 Å². The van der Waals surface area contributed by atoms with Crippen LogP contribution in [-0.2, 0) is 11.2 Å². The maximum Gasteiger partial charge on any atom is 0.224 e. The number of anilines is 1. The topological polar surface area (TPSA) is 49.4 Å². The summed E-state index contributed by atoms with van der Waals surface area (Å²) in [4.78, 5) is 26.4. The normalized spacial score (nSPS) is 16.9. The van der Waals surface area contributed by atoms with Crippen LogP contribution in [0.1, 0.15) is 46.3 Å². The SMILES string of the molecule is Cc1cccc(C2=CCN(CCC(=O)c3ccc4c(c3)CCC(=O)N4)CC2)c1. The molecule has 2 aliphatic heterocycles. The molecule has 144 valence electrons. The second kappa shape index (κ2) is 8.11. The van der Waals surface area contributed by atoms with E-state index in [4.69, 9.17) is 0 Å². The zero-order valence-electron chi connectivity index (χ0n) is 16.3. The molecule has 4 nitrogen and oxygen atoms in total. The third-order valence-electron chi connectivity index (χ3n) is 5.66. The summed E-state index contributed by atoms with van der Waals surface area (Å²) in [7, 11) is 0. The molecule has 2 aromatic carbocycles. The van der Waals surface area contributed by atoms with Gasteiger partial charge in [0.1, 0.15) is 0 Å². The molecule has 4 rings (SSSR count). The van der Waals surface area contributed by atoms with Gasteiger partial charge in [0.05, 0.1) is 0 Å². The van der Waals surface area contributed by atoms with E-state index < -0.39 is 0 Å². The van der Waals surface area contributed by atoms with Crippen LogP contribution < -0.4 is 5.32 Å². The number of benzene rings is 2. The number of carbonyl (C=O) groups excluding carboxylic acids is 2. The molecular weight excluding hydrogens is 348 g/mol. The summed E-state index contributed by atoms with van der Waals surface area (Å²) in [5.74, 6) is 0.225. The van der Waals surface area contributed by atoms with Crippen LogP contribution in [0.3, 0.4) is 0 Å². The van der Waals surface area contributed by atoms with Crippen molar-refractivity contribution in [3.05, 3.63) is 70.8 Å². The fraction of sp³-hybridized carbons (Fsp3) is 0.333. The molecule has 2 heterocycles. The number of hydrogen-bond donors (Lipinski definition) is 1. The molecule has 0 aliphatic carbocycles. The highest BCUT2D eigenvalue weighted by molar-refractivity contribution is 5.99. The van der Waals surface area contributed by atoms with Gasteiger partial charge in [0.2, 0.25) is 5.91 Å². The number of amides is 1. The molecule has 2 aromatic rings. The van der Waals surface area contributed by atoms with E-state index in [0.29, 0.717) is 19.3 Å². The van der Waals surface area contributed by atoms with Crippen molar-refractivity contribution in [3.63, 3.8) is 0 Å². The Labute approximate surface area is 166 Å². The summed E-state index contributed by atoms with van der Waals surface area (Å²) in [6.45, 7) is 4.79. The van der Waals surface area contributed by atoms with Gasteiger partial charge in [-0.1, -0.05) is 35.9 Å². The predicted molar refractivity (Wildman–Crippen MR) is 113 cm³/mol. The van der Waals surface area contributed by atoms with E-state index in [1.54, 1.807) is 0 Å². The minimum absolute atomic E-state index is 0.0507. The number of nitrogens with zero attached hydrogens (tertiary/aromatic N) is 1. The number of nitrogens with one attached hydrogen (secondary N) is 1. The Morgan fingerprint density at radius 1 is 1.11 bits per heavy atom. The van der Waals surface area contributed by atoms with Crippen molar-refractivity contribution in [2.75, 3.05) is 25.0 Å². The number of ketones is 1. The first-order valence-corrected chi connectivity index (χ1v) is 10.0. The lowest BCUT2D eigenvalue weighted by molar-refractivity contribution is -0.116. The van der Waals surface area contributed by atoms with E-state index >= 15 is 0 Å². The number of rotatable bonds is 5. The molecule has 0 bridgehead atoms. The third-order valence-corrected chi connectivity index (χ3v) is 5.66. The van der Waals surface area contributed by atoms with Gasteiger partial charge in [-0.05, 0) is 54.7 Å². The second-order valence-electron chi connectivity index (χ2n) is 7.74. The smallest absolute Gasteiger partial charge is 0.224 e. The molecule has 0 atom stereocenters. The molecule has 2 aliphatic rings. The molecule has 1 amide bonds. The maximum atomic E-state index is 12.6. The van der Waals surface area contributed by atoms with Crippen molar-refractivity contribution in [2.24, 2.45) is 0 Å². The van der Waals surface area contributed by atoms with Crippen LogP contribution in [0.4, 0.5) is 5.69 Å². The molecule has 28 heavy (non-hydrogen) atoms. The molecule has 0 saturated carbocycles. The standard InChI is InChI=1S/C24H26N2O2/c1-17-3-2-4-19(15-17)18-9-12-26(13-10-18)14-11-23(27)21-5-7-22-20(16-21)6-8-24(28)25-22/h2-5,7,9,15-16H,6,8,10-14H2,1H3,(H,25,28). The number of carbonyl (C=O) groups is 2. The van der Waals surface area contributed by atoms with E-state index in [1.807, 2.05) is 18.2 Å². The van der Waals surface area contributed by atoms with E-state index in [9.17, 15) is 9.59 Å².